The van der Waals surface area contributed by atoms with E-state index in [-0.39, 0.29) is 0 Å². The number of rotatable bonds is 4. The number of carboxylic acids is 1. The summed E-state index contributed by atoms with van der Waals surface area (Å²) in [4.78, 5) is 21.4. The van der Waals surface area contributed by atoms with Crippen LogP contribution in [0.15, 0.2) is 30.3 Å². The van der Waals surface area contributed by atoms with Crippen molar-refractivity contribution in [3.05, 3.63) is 35.9 Å². The van der Waals surface area contributed by atoms with Gasteiger partial charge in [0.15, 0.2) is 5.78 Å². The number of aliphatic carboxylic acids is 1. The number of carbonyl (C=O) groups excluding carboxylic acids is 1. The molecule has 0 saturated heterocycles. The SMILES string of the molecule is O=C(CC(F)C(=O)O)c1ccccc1. The molecule has 3 nitrogen and oxygen atoms in total. The third-order valence-electron chi connectivity index (χ3n) is 1.73. The highest BCUT2D eigenvalue weighted by Gasteiger charge is 2.20. The number of alkyl halides is 1. The lowest BCUT2D eigenvalue weighted by Gasteiger charge is -2.01. The standard InChI is InChI=1S/C10H9FO3/c11-8(10(13)14)6-9(12)7-4-2-1-3-5-7/h1-5,8H,6H2,(H,13,14). The minimum Gasteiger partial charge on any atom is -0.479 e. The van der Waals surface area contributed by atoms with Gasteiger partial charge in [-0.25, -0.2) is 9.18 Å². The van der Waals surface area contributed by atoms with Gasteiger partial charge in [-0.15, -0.1) is 0 Å². The van der Waals surface area contributed by atoms with E-state index in [1.54, 1.807) is 18.2 Å². The van der Waals surface area contributed by atoms with Crippen LogP contribution in [0.3, 0.4) is 0 Å². The summed E-state index contributed by atoms with van der Waals surface area (Å²) >= 11 is 0. The zero-order valence-corrected chi connectivity index (χ0v) is 7.31. The van der Waals surface area contributed by atoms with Crippen LogP contribution < -0.4 is 0 Å². The van der Waals surface area contributed by atoms with Crippen LogP contribution in [0.5, 0.6) is 0 Å². The Morgan fingerprint density at radius 2 is 1.86 bits per heavy atom. The molecule has 0 aromatic heterocycles. The minimum atomic E-state index is -2.12. The minimum absolute atomic E-state index is 0.330. The fourth-order valence-electron chi connectivity index (χ4n) is 0.992. The molecule has 1 aromatic carbocycles. The van der Waals surface area contributed by atoms with Gasteiger partial charge in [-0.3, -0.25) is 4.79 Å². The van der Waals surface area contributed by atoms with E-state index in [2.05, 4.69) is 0 Å². The largest absolute Gasteiger partial charge is 0.479 e. The fourth-order valence-corrected chi connectivity index (χ4v) is 0.992. The van der Waals surface area contributed by atoms with E-state index in [1.165, 1.54) is 12.1 Å². The van der Waals surface area contributed by atoms with Gasteiger partial charge in [0.25, 0.3) is 0 Å². The average Bonchev–Trinajstić information content (AvgIpc) is 2.19. The maximum atomic E-state index is 12.6. The van der Waals surface area contributed by atoms with Gasteiger partial charge in [0.05, 0.1) is 6.42 Å². The normalized spacial score (nSPS) is 12.1. The first-order valence-corrected chi connectivity index (χ1v) is 4.06. The number of ketones is 1. The first kappa shape index (κ1) is 10.4. The highest BCUT2D eigenvalue weighted by Crippen LogP contribution is 2.07. The van der Waals surface area contributed by atoms with Gasteiger partial charge in [0.2, 0.25) is 6.17 Å². The van der Waals surface area contributed by atoms with Crippen LogP contribution >= 0.6 is 0 Å². The molecule has 1 unspecified atom stereocenters. The topological polar surface area (TPSA) is 54.4 Å². The van der Waals surface area contributed by atoms with Gasteiger partial charge < -0.3 is 5.11 Å². The molecular weight excluding hydrogens is 187 g/mol. The van der Waals surface area contributed by atoms with Gasteiger partial charge in [-0.1, -0.05) is 30.3 Å². The Bertz CT molecular complexity index is 334. The molecule has 0 spiro atoms. The molecule has 0 fully saturated rings. The summed E-state index contributed by atoms with van der Waals surface area (Å²) in [7, 11) is 0. The molecule has 1 rings (SSSR count). The molecule has 0 radical (unpaired) electrons. The molecule has 4 heteroatoms. The zero-order chi connectivity index (χ0) is 10.6. The number of carboxylic acid groups (broad SMARTS) is 1. The summed E-state index contributed by atoms with van der Waals surface area (Å²) < 4.78 is 12.6. The molecular formula is C10H9FO3. The van der Waals surface area contributed by atoms with Crippen LogP contribution in [0.4, 0.5) is 4.39 Å². The van der Waals surface area contributed by atoms with E-state index in [0.29, 0.717) is 5.56 Å². The van der Waals surface area contributed by atoms with Crippen LogP contribution in [0.25, 0.3) is 0 Å². The Labute approximate surface area is 80.2 Å². The first-order valence-electron chi connectivity index (χ1n) is 4.06. The summed E-state index contributed by atoms with van der Waals surface area (Å²) in [6.45, 7) is 0. The van der Waals surface area contributed by atoms with Crippen molar-refractivity contribution < 1.29 is 19.1 Å². The summed E-state index contributed by atoms with van der Waals surface area (Å²) in [5, 5.41) is 8.25. The fraction of sp³-hybridized carbons (Fsp3) is 0.200. The molecule has 0 aliphatic heterocycles. The number of halogens is 1. The second-order valence-electron chi connectivity index (χ2n) is 2.80. The first-order chi connectivity index (χ1) is 6.61. The predicted octanol–water partition coefficient (Wildman–Crippen LogP) is 1.68. The van der Waals surface area contributed by atoms with Gasteiger partial charge in [-0.05, 0) is 0 Å². The third kappa shape index (κ3) is 2.65. The molecule has 0 aliphatic carbocycles. The van der Waals surface area contributed by atoms with E-state index in [1.807, 2.05) is 0 Å². The second kappa shape index (κ2) is 4.50. The molecule has 1 aromatic rings. The molecule has 0 amide bonds. The summed E-state index contributed by atoms with van der Waals surface area (Å²) in [6, 6.07) is 8.05. The monoisotopic (exact) mass is 196 g/mol. The smallest absolute Gasteiger partial charge is 0.338 e. The lowest BCUT2D eigenvalue weighted by Crippen LogP contribution is -2.18. The van der Waals surface area contributed by atoms with Crippen molar-refractivity contribution in [1.29, 1.82) is 0 Å². The van der Waals surface area contributed by atoms with Crippen molar-refractivity contribution in [2.24, 2.45) is 0 Å². The molecule has 0 aliphatic rings. The third-order valence-corrected chi connectivity index (χ3v) is 1.73. The van der Waals surface area contributed by atoms with Crippen molar-refractivity contribution in [3.63, 3.8) is 0 Å². The summed E-state index contributed by atoms with van der Waals surface area (Å²) in [5.41, 5.74) is 0.330. The maximum Gasteiger partial charge on any atom is 0.338 e. The van der Waals surface area contributed by atoms with Crippen molar-refractivity contribution >= 4 is 11.8 Å². The van der Waals surface area contributed by atoms with E-state index >= 15 is 0 Å². The van der Waals surface area contributed by atoms with Gasteiger partial charge >= 0.3 is 5.97 Å². The van der Waals surface area contributed by atoms with Gasteiger partial charge in [0.1, 0.15) is 0 Å². The Morgan fingerprint density at radius 1 is 1.29 bits per heavy atom. The van der Waals surface area contributed by atoms with Gasteiger partial charge in [-0.2, -0.15) is 0 Å². The van der Waals surface area contributed by atoms with E-state index in [4.69, 9.17) is 5.11 Å². The van der Waals surface area contributed by atoms with E-state index in [0.717, 1.165) is 0 Å². The number of benzene rings is 1. The maximum absolute atomic E-state index is 12.6. The zero-order valence-electron chi connectivity index (χ0n) is 7.31. The number of hydrogen-bond donors (Lipinski definition) is 1. The Morgan fingerprint density at radius 3 is 2.36 bits per heavy atom. The van der Waals surface area contributed by atoms with Crippen LogP contribution in [-0.2, 0) is 4.79 Å². The van der Waals surface area contributed by atoms with Crippen LogP contribution in [-0.4, -0.2) is 23.0 Å². The van der Waals surface area contributed by atoms with Crippen molar-refractivity contribution in [2.45, 2.75) is 12.6 Å². The molecule has 74 valence electrons. The van der Waals surface area contributed by atoms with Crippen LogP contribution in [0.2, 0.25) is 0 Å². The second-order valence-corrected chi connectivity index (χ2v) is 2.80. The average molecular weight is 196 g/mol. The number of hydrogen-bond acceptors (Lipinski definition) is 2. The quantitative estimate of drug-likeness (QED) is 0.745. The lowest BCUT2D eigenvalue weighted by molar-refractivity contribution is -0.142. The highest BCUT2D eigenvalue weighted by atomic mass is 19.1. The molecule has 0 saturated carbocycles. The Balaban J connectivity index is 2.64. The van der Waals surface area contributed by atoms with Crippen LogP contribution in [0.1, 0.15) is 16.8 Å². The van der Waals surface area contributed by atoms with Crippen LogP contribution in [0, 0.1) is 0 Å². The van der Waals surface area contributed by atoms with E-state index < -0.39 is 24.3 Å². The van der Waals surface area contributed by atoms with Crippen molar-refractivity contribution in [1.82, 2.24) is 0 Å². The molecule has 14 heavy (non-hydrogen) atoms. The molecule has 1 N–H and O–H groups in total. The molecule has 1 atom stereocenters. The van der Waals surface area contributed by atoms with Gasteiger partial charge in [0, 0.05) is 5.56 Å². The Hall–Kier alpha value is -1.71. The molecule has 0 bridgehead atoms. The lowest BCUT2D eigenvalue weighted by atomic mass is 10.1. The Kier molecular flexibility index (Phi) is 3.34. The van der Waals surface area contributed by atoms with Crippen molar-refractivity contribution in [3.8, 4) is 0 Å². The summed E-state index contributed by atoms with van der Waals surface area (Å²) in [6.07, 6.45) is -2.73. The van der Waals surface area contributed by atoms with Crippen molar-refractivity contribution in [2.75, 3.05) is 0 Å². The number of Topliss-reactive ketones (excluding diaryl/α,β-unsaturated/α-hetero) is 1. The highest BCUT2D eigenvalue weighted by molar-refractivity contribution is 5.98. The number of carbonyl (C=O) groups is 2. The summed E-state index contributed by atoms with van der Waals surface area (Å²) in [5.74, 6) is -2.10. The van der Waals surface area contributed by atoms with E-state index in [9.17, 15) is 14.0 Å². The predicted molar refractivity (Wildman–Crippen MR) is 47.9 cm³/mol. The molecule has 0 heterocycles.